The van der Waals surface area contributed by atoms with Crippen LogP contribution in [0.2, 0.25) is 0 Å². The second-order valence-electron chi connectivity index (χ2n) is 24.9. The largest absolute Gasteiger partial charge is 0.466 e. The lowest BCUT2D eigenvalue weighted by Gasteiger charge is -2.20. The van der Waals surface area contributed by atoms with Crippen molar-refractivity contribution in [2.45, 2.75) is 424 Å². The molecule has 0 aromatic heterocycles. The first-order valence-corrected chi connectivity index (χ1v) is 36.0. The van der Waals surface area contributed by atoms with Crippen LogP contribution >= 0.6 is 0 Å². The predicted octanol–water partition coefficient (Wildman–Crippen LogP) is 23.1. The molecule has 78 heavy (non-hydrogen) atoms. The van der Waals surface area contributed by atoms with Gasteiger partial charge in [0.15, 0.2) is 0 Å². The summed E-state index contributed by atoms with van der Waals surface area (Å²) in [6.07, 6.45) is 84.6. The van der Waals surface area contributed by atoms with Gasteiger partial charge in [0.25, 0.3) is 0 Å². The molecule has 0 aromatic rings. The summed E-state index contributed by atoms with van der Waals surface area (Å²) in [6.45, 7) is 4.94. The van der Waals surface area contributed by atoms with Crippen molar-refractivity contribution >= 4 is 11.9 Å². The van der Waals surface area contributed by atoms with E-state index in [-0.39, 0.29) is 18.5 Å². The number of carbonyl (C=O) groups excluding carboxylic acids is 2. The van der Waals surface area contributed by atoms with Crippen molar-refractivity contribution in [2.24, 2.45) is 0 Å². The lowest BCUT2D eigenvalue weighted by molar-refractivity contribution is -0.143. The molecule has 0 aliphatic carbocycles. The maximum Gasteiger partial charge on any atom is 0.305 e. The molecular formula is C72H141NO5. The minimum Gasteiger partial charge on any atom is -0.466 e. The van der Waals surface area contributed by atoms with Crippen LogP contribution in [0.15, 0.2) is 12.2 Å². The maximum absolute atomic E-state index is 12.5. The number of esters is 1. The Hall–Kier alpha value is -1.40. The van der Waals surface area contributed by atoms with Crippen molar-refractivity contribution < 1.29 is 24.5 Å². The summed E-state index contributed by atoms with van der Waals surface area (Å²) in [5, 5.41) is 23.1. The Balaban J connectivity index is 3.30. The number of aliphatic hydroxyl groups excluding tert-OH is 2. The van der Waals surface area contributed by atoms with Crippen molar-refractivity contribution in [1.29, 1.82) is 0 Å². The SMILES string of the molecule is CCCCCCCCCCCCCC/C=C/C(O)C(CO)NC(=O)CCCCCCCCCCCCCCCCCCCCCCCCCCCCCCCCCCCCCOC(=O)CCCCCCCCCCCCCC. The fourth-order valence-electron chi connectivity index (χ4n) is 11.6. The van der Waals surface area contributed by atoms with Crippen LogP contribution < -0.4 is 5.32 Å². The lowest BCUT2D eigenvalue weighted by Crippen LogP contribution is -2.45. The molecule has 0 fully saturated rings. The highest BCUT2D eigenvalue weighted by Gasteiger charge is 2.18. The summed E-state index contributed by atoms with van der Waals surface area (Å²) >= 11 is 0. The van der Waals surface area contributed by atoms with Crippen LogP contribution in [-0.4, -0.2) is 47.4 Å². The lowest BCUT2D eigenvalue weighted by atomic mass is 10.0. The molecule has 1 amide bonds. The first-order chi connectivity index (χ1) is 38.5. The number of carbonyl (C=O) groups is 2. The molecule has 0 rings (SSSR count). The molecule has 0 bridgehead atoms. The number of hydrogen-bond donors (Lipinski definition) is 3. The van der Waals surface area contributed by atoms with Gasteiger partial charge in [-0.25, -0.2) is 0 Å². The van der Waals surface area contributed by atoms with Crippen LogP contribution in [0, 0.1) is 0 Å². The number of hydrogen-bond acceptors (Lipinski definition) is 5. The summed E-state index contributed by atoms with van der Waals surface area (Å²) in [5.41, 5.74) is 0. The molecule has 2 unspecified atom stereocenters. The van der Waals surface area contributed by atoms with Crippen molar-refractivity contribution in [3.63, 3.8) is 0 Å². The number of rotatable bonds is 68. The summed E-state index contributed by atoms with van der Waals surface area (Å²) in [7, 11) is 0. The van der Waals surface area contributed by atoms with Gasteiger partial charge in [-0.2, -0.15) is 0 Å². The fourth-order valence-corrected chi connectivity index (χ4v) is 11.6. The van der Waals surface area contributed by atoms with Gasteiger partial charge >= 0.3 is 5.97 Å². The zero-order chi connectivity index (χ0) is 56.4. The number of aliphatic hydroxyl groups is 2. The van der Waals surface area contributed by atoms with E-state index in [1.54, 1.807) is 6.08 Å². The summed E-state index contributed by atoms with van der Waals surface area (Å²) in [5.74, 6) is -0.0363. The third kappa shape index (κ3) is 63.8. The first-order valence-electron chi connectivity index (χ1n) is 36.0. The molecule has 0 aliphatic heterocycles. The Kier molecular flexibility index (Phi) is 66.9. The molecule has 464 valence electrons. The Morgan fingerprint density at radius 3 is 0.872 bits per heavy atom. The fraction of sp³-hybridized carbons (Fsp3) is 0.944. The Bertz CT molecular complexity index is 1180. The van der Waals surface area contributed by atoms with Gasteiger partial charge in [-0.05, 0) is 32.1 Å². The highest BCUT2D eigenvalue weighted by atomic mass is 16.5. The molecule has 6 nitrogen and oxygen atoms in total. The molecule has 2 atom stereocenters. The average molecular weight is 1100 g/mol. The van der Waals surface area contributed by atoms with Gasteiger partial charge in [0.05, 0.1) is 25.4 Å². The third-order valence-electron chi connectivity index (χ3n) is 17.1. The standard InChI is InChI=1S/C72H141NO5/c1-3-5-7-9-11-13-15-17-41-44-48-52-56-60-64-70(75)69(68-74)73-71(76)65-61-57-53-49-45-42-39-37-35-33-31-29-27-25-23-21-19-18-20-22-24-26-28-30-32-34-36-38-40-43-47-51-55-59-63-67-78-72(77)66-62-58-54-50-46-16-14-12-10-8-6-4-2/h60,64,69-70,74-75H,3-59,61-63,65-68H2,1-2H3,(H,73,76)/b64-60+. The second kappa shape index (κ2) is 68.1. The van der Waals surface area contributed by atoms with Gasteiger partial charge in [0, 0.05) is 12.8 Å². The molecule has 0 spiro atoms. The predicted molar refractivity (Wildman–Crippen MR) is 343 cm³/mol. The molecule has 3 N–H and O–H groups in total. The molecule has 0 radical (unpaired) electrons. The van der Waals surface area contributed by atoms with Crippen LogP contribution in [0.3, 0.4) is 0 Å². The number of amides is 1. The van der Waals surface area contributed by atoms with Crippen molar-refractivity contribution in [3.05, 3.63) is 12.2 Å². The van der Waals surface area contributed by atoms with E-state index in [0.29, 0.717) is 19.4 Å². The number of allylic oxidation sites excluding steroid dienone is 1. The number of ether oxygens (including phenoxy) is 1. The highest BCUT2D eigenvalue weighted by Crippen LogP contribution is 2.19. The van der Waals surface area contributed by atoms with Gasteiger partial charge in [0.1, 0.15) is 0 Å². The minimum atomic E-state index is -0.839. The quantitative estimate of drug-likeness (QED) is 0.0320. The maximum atomic E-state index is 12.5. The van der Waals surface area contributed by atoms with Crippen LogP contribution in [0.25, 0.3) is 0 Å². The Labute approximate surface area is 489 Å². The Morgan fingerprint density at radius 2 is 0.590 bits per heavy atom. The van der Waals surface area contributed by atoms with Crippen LogP contribution in [0.4, 0.5) is 0 Å². The number of nitrogens with one attached hydrogen (secondary N) is 1. The van der Waals surface area contributed by atoms with Crippen molar-refractivity contribution in [1.82, 2.24) is 5.32 Å². The summed E-state index contributed by atoms with van der Waals surface area (Å²) < 4.78 is 5.49. The van der Waals surface area contributed by atoms with E-state index >= 15 is 0 Å². The van der Waals surface area contributed by atoms with E-state index in [9.17, 15) is 19.8 Å². The molecule has 0 heterocycles. The van der Waals surface area contributed by atoms with Gasteiger partial charge in [0.2, 0.25) is 5.91 Å². The van der Waals surface area contributed by atoms with Gasteiger partial charge in [-0.3, -0.25) is 9.59 Å². The molecule has 6 heteroatoms. The first kappa shape index (κ1) is 76.6. The normalized spacial score (nSPS) is 12.5. The van der Waals surface area contributed by atoms with E-state index in [1.165, 1.54) is 347 Å². The van der Waals surface area contributed by atoms with Gasteiger partial charge in [-0.15, -0.1) is 0 Å². The van der Waals surface area contributed by atoms with E-state index in [4.69, 9.17) is 4.74 Å². The monoisotopic (exact) mass is 1100 g/mol. The topological polar surface area (TPSA) is 95.9 Å². The minimum absolute atomic E-state index is 0.0238. The molecule has 0 aliphatic rings. The van der Waals surface area contributed by atoms with Crippen LogP contribution in [-0.2, 0) is 14.3 Å². The van der Waals surface area contributed by atoms with Crippen molar-refractivity contribution in [3.8, 4) is 0 Å². The zero-order valence-electron chi connectivity index (χ0n) is 53.2. The molecular weight excluding hydrogens is 959 g/mol. The Morgan fingerprint density at radius 1 is 0.346 bits per heavy atom. The summed E-state index contributed by atoms with van der Waals surface area (Å²) in [4.78, 5) is 24.5. The van der Waals surface area contributed by atoms with Crippen molar-refractivity contribution in [2.75, 3.05) is 13.2 Å². The van der Waals surface area contributed by atoms with E-state index < -0.39 is 12.1 Å². The average Bonchev–Trinajstić information content (AvgIpc) is 3.44. The third-order valence-corrected chi connectivity index (χ3v) is 17.1. The van der Waals surface area contributed by atoms with Gasteiger partial charge in [-0.1, -0.05) is 379 Å². The second-order valence-corrected chi connectivity index (χ2v) is 24.9. The smallest absolute Gasteiger partial charge is 0.305 e. The van der Waals surface area contributed by atoms with E-state index in [1.807, 2.05) is 6.08 Å². The molecule has 0 saturated carbocycles. The van der Waals surface area contributed by atoms with E-state index in [2.05, 4.69) is 19.2 Å². The highest BCUT2D eigenvalue weighted by molar-refractivity contribution is 5.76. The van der Waals surface area contributed by atoms with E-state index in [0.717, 1.165) is 38.5 Å². The van der Waals surface area contributed by atoms with Crippen LogP contribution in [0.1, 0.15) is 412 Å². The number of unbranched alkanes of at least 4 members (excludes halogenated alkanes) is 57. The molecule has 0 aromatic carbocycles. The zero-order valence-corrected chi connectivity index (χ0v) is 53.2. The molecule has 0 saturated heterocycles. The van der Waals surface area contributed by atoms with Crippen LogP contribution in [0.5, 0.6) is 0 Å². The summed E-state index contributed by atoms with van der Waals surface area (Å²) in [6, 6.07) is -0.622. The van der Waals surface area contributed by atoms with Gasteiger partial charge < -0.3 is 20.3 Å².